The first-order valence-corrected chi connectivity index (χ1v) is 18.2. The SMILES string of the molecule is Nc1ncnc2c1ncn2[C@@H]1O[C@H](COP(=O)(O)OP(=O)(O)OP(=O)(O)OC[C@H]2O[C@@H](n3cnc4c(=O)[nH]c(=O)[nH]c43)[C@H](O)[C@@H]2O)[C@@H](O)[C@H]1O. The largest absolute Gasteiger partial charge is 0.490 e. The highest BCUT2D eigenvalue weighted by atomic mass is 31.3. The predicted molar refractivity (Wildman–Crippen MR) is 156 cm³/mol. The molecule has 3 unspecified atom stereocenters. The molecule has 2 aliphatic rings. The number of hydrogen-bond acceptors (Lipinski definition) is 20. The molecule has 0 saturated carbocycles. The van der Waals surface area contributed by atoms with Gasteiger partial charge in [0.25, 0.3) is 5.56 Å². The lowest BCUT2D eigenvalue weighted by Crippen LogP contribution is -2.33. The maximum atomic E-state index is 12.4. The Morgan fingerprint density at radius 2 is 1.26 bits per heavy atom. The van der Waals surface area contributed by atoms with Crippen LogP contribution in [-0.4, -0.2) is 124 Å². The number of nitrogen functional groups attached to an aromatic ring is 1. The van der Waals surface area contributed by atoms with E-state index in [9.17, 15) is 58.4 Å². The third-order valence-electron chi connectivity index (χ3n) is 7.29. The van der Waals surface area contributed by atoms with Crippen LogP contribution in [0.2, 0.25) is 0 Å². The highest BCUT2D eigenvalue weighted by molar-refractivity contribution is 7.66. The van der Waals surface area contributed by atoms with Gasteiger partial charge in [-0.05, 0) is 0 Å². The van der Waals surface area contributed by atoms with Crippen LogP contribution in [0.3, 0.4) is 0 Å². The molecule has 0 aliphatic carbocycles. The number of imidazole rings is 2. The maximum absolute atomic E-state index is 12.4. The summed E-state index contributed by atoms with van der Waals surface area (Å²) in [4.78, 5) is 73.2. The summed E-state index contributed by atoms with van der Waals surface area (Å²) in [6.07, 6.45) is -9.91. The van der Waals surface area contributed by atoms with Crippen molar-refractivity contribution < 1.29 is 75.9 Å². The van der Waals surface area contributed by atoms with Crippen LogP contribution < -0.4 is 17.0 Å². The molecule has 6 rings (SSSR count). The van der Waals surface area contributed by atoms with Crippen molar-refractivity contribution in [3.63, 3.8) is 0 Å². The van der Waals surface area contributed by atoms with E-state index in [0.29, 0.717) is 0 Å². The monoisotopic (exact) mass is 773 g/mol. The topological polar surface area (TPSA) is 401 Å². The van der Waals surface area contributed by atoms with Gasteiger partial charge in [-0.15, -0.1) is 0 Å². The average Bonchev–Trinajstić information content (AvgIpc) is 3.76. The molecule has 4 aromatic rings. The van der Waals surface area contributed by atoms with E-state index in [1.807, 2.05) is 4.98 Å². The number of phosphoric ester groups is 2. The maximum Gasteiger partial charge on any atom is 0.490 e. The van der Waals surface area contributed by atoms with Crippen LogP contribution >= 0.6 is 23.5 Å². The number of aliphatic hydroxyl groups excluding tert-OH is 4. The van der Waals surface area contributed by atoms with Gasteiger partial charge >= 0.3 is 29.2 Å². The lowest BCUT2D eigenvalue weighted by molar-refractivity contribution is -0.0510. The number of aromatic amines is 2. The lowest BCUT2D eigenvalue weighted by Gasteiger charge is -2.21. The van der Waals surface area contributed by atoms with Gasteiger partial charge in [-0.1, -0.05) is 0 Å². The van der Waals surface area contributed by atoms with Gasteiger partial charge in [0.2, 0.25) is 0 Å². The molecular formula is C20H26N9O18P3. The second-order valence-corrected chi connectivity index (χ2v) is 15.2. The van der Waals surface area contributed by atoms with Crippen molar-refractivity contribution in [3.05, 3.63) is 39.8 Å². The molecule has 11 N–H and O–H groups in total. The molecule has 274 valence electrons. The number of nitrogens with one attached hydrogen (secondary N) is 2. The zero-order valence-corrected chi connectivity index (χ0v) is 27.2. The fraction of sp³-hybridized carbons (Fsp3) is 0.500. The fourth-order valence-corrected chi connectivity index (χ4v) is 8.57. The van der Waals surface area contributed by atoms with Crippen molar-refractivity contribution in [3.8, 4) is 0 Å². The summed E-state index contributed by atoms with van der Waals surface area (Å²) >= 11 is 0. The highest BCUT2D eigenvalue weighted by Gasteiger charge is 2.49. The molecule has 50 heavy (non-hydrogen) atoms. The molecule has 30 heteroatoms. The minimum Gasteiger partial charge on any atom is -0.387 e. The van der Waals surface area contributed by atoms with Crippen LogP contribution in [0.4, 0.5) is 5.82 Å². The first-order valence-electron chi connectivity index (χ1n) is 13.7. The summed E-state index contributed by atoms with van der Waals surface area (Å²) in [5.41, 5.74) is 3.71. The number of ether oxygens (including phenoxy) is 2. The Bertz CT molecular complexity index is 2170. The third kappa shape index (κ3) is 7.21. The first-order chi connectivity index (χ1) is 23.4. The van der Waals surface area contributed by atoms with E-state index in [2.05, 4.69) is 42.6 Å². The van der Waals surface area contributed by atoms with E-state index in [-0.39, 0.29) is 28.1 Å². The molecule has 0 bridgehead atoms. The van der Waals surface area contributed by atoms with E-state index in [1.165, 1.54) is 10.9 Å². The molecule has 11 atom stereocenters. The molecule has 2 saturated heterocycles. The smallest absolute Gasteiger partial charge is 0.387 e. The number of phosphoric acid groups is 3. The van der Waals surface area contributed by atoms with Crippen molar-refractivity contribution in [1.29, 1.82) is 0 Å². The Kier molecular flexibility index (Phi) is 9.72. The third-order valence-corrected chi connectivity index (χ3v) is 11.5. The number of fused-ring (bicyclic) bond motifs is 2. The van der Waals surface area contributed by atoms with E-state index in [1.54, 1.807) is 0 Å². The number of aromatic nitrogens is 8. The van der Waals surface area contributed by atoms with Crippen LogP contribution in [0.25, 0.3) is 22.3 Å². The van der Waals surface area contributed by atoms with Crippen LogP contribution in [0.5, 0.6) is 0 Å². The predicted octanol–water partition coefficient (Wildman–Crippen LogP) is -3.56. The van der Waals surface area contributed by atoms with E-state index < -0.39 is 97.0 Å². The molecule has 2 fully saturated rings. The number of anilines is 1. The second-order valence-electron chi connectivity index (χ2n) is 10.6. The fourth-order valence-electron chi connectivity index (χ4n) is 5.05. The van der Waals surface area contributed by atoms with Crippen molar-refractivity contribution in [1.82, 2.24) is 39.0 Å². The number of nitrogens with zero attached hydrogens (tertiary/aromatic N) is 6. The van der Waals surface area contributed by atoms with Crippen LogP contribution in [0.15, 0.2) is 28.6 Å². The molecular weight excluding hydrogens is 747 g/mol. The van der Waals surface area contributed by atoms with Gasteiger partial charge in [0.15, 0.2) is 29.4 Å². The van der Waals surface area contributed by atoms with Crippen LogP contribution in [0.1, 0.15) is 12.5 Å². The van der Waals surface area contributed by atoms with E-state index in [0.717, 1.165) is 17.2 Å². The quantitative estimate of drug-likeness (QED) is 0.0623. The number of rotatable bonds is 12. The summed E-state index contributed by atoms with van der Waals surface area (Å²) in [6, 6.07) is 0. The standard InChI is InChI=1S/C20H26N9O18P3/c21-14-8-15(23-3-22-14)28(4-24-8)18-12(32)10(30)6(44-18)1-42-48(36,37)46-50(40,41)47-49(38,39)43-2-7-11(31)13(33)19(45-7)29-5-25-9-16(29)26-20(35)27-17(9)34/h3-7,10-13,18-19,30-33H,1-2H2,(H,36,37)(H,38,39)(H,40,41)(H2,21,22,23)(H2,26,27,34,35)/t6-,7-,10-,11-,12-,13-,18-,19-/m1/s1. The van der Waals surface area contributed by atoms with E-state index >= 15 is 0 Å². The molecule has 27 nitrogen and oxygen atoms in total. The van der Waals surface area contributed by atoms with E-state index in [4.69, 9.17) is 15.2 Å². The molecule has 0 spiro atoms. The van der Waals surface area contributed by atoms with Gasteiger partial charge in [-0.3, -0.25) is 32.9 Å². The number of nitrogens with two attached hydrogens (primary N) is 1. The number of H-pyrrole nitrogens is 2. The summed E-state index contributed by atoms with van der Waals surface area (Å²) in [5, 5.41) is 41.8. The van der Waals surface area contributed by atoms with Crippen LogP contribution in [0, 0.1) is 0 Å². The molecule has 6 heterocycles. The molecule has 0 amide bonds. The average molecular weight is 773 g/mol. The zero-order valence-electron chi connectivity index (χ0n) is 24.5. The van der Waals surface area contributed by atoms with Crippen molar-refractivity contribution in [2.45, 2.75) is 49.1 Å². The Hall–Kier alpha value is -3.33. The van der Waals surface area contributed by atoms with Gasteiger partial charge < -0.3 is 50.3 Å². The first kappa shape index (κ1) is 36.5. The van der Waals surface area contributed by atoms with Gasteiger partial charge in [-0.2, -0.15) is 8.62 Å². The molecule has 0 aromatic carbocycles. The molecule has 2 aliphatic heterocycles. The number of hydrogen-bond donors (Lipinski definition) is 10. The molecule has 0 radical (unpaired) electrons. The van der Waals surface area contributed by atoms with Gasteiger partial charge in [0, 0.05) is 0 Å². The van der Waals surface area contributed by atoms with Gasteiger partial charge in [-0.25, -0.2) is 38.4 Å². The van der Waals surface area contributed by atoms with Gasteiger partial charge in [0.05, 0.1) is 25.9 Å². The van der Waals surface area contributed by atoms with Gasteiger partial charge in [0.1, 0.15) is 54.1 Å². The Labute approximate surface area is 274 Å². The summed E-state index contributed by atoms with van der Waals surface area (Å²) in [6.45, 7) is -2.15. The van der Waals surface area contributed by atoms with Crippen LogP contribution in [-0.2, 0) is 40.8 Å². The Morgan fingerprint density at radius 1 is 0.740 bits per heavy atom. The second kappa shape index (κ2) is 13.3. The van der Waals surface area contributed by atoms with Crippen molar-refractivity contribution in [2.24, 2.45) is 0 Å². The number of aliphatic hydroxyl groups is 4. The zero-order chi connectivity index (χ0) is 36.3. The Balaban J connectivity index is 1.03. The minimum absolute atomic E-state index is 0.00385. The summed E-state index contributed by atoms with van der Waals surface area (Å²) < 4.78 is 67.4. The minimum atomic E-state index is -5.98. The molecule has 4 aromatic heterocycles. The highest BCUT2D eigenvalue weighted by Crippen LogP contribution is 2.67. The normalized spacial score (nSPS) is 30.8. The van der Waals surface area contributed by atoms with Crippen molar-refractivity contribution >= 4 is 51.6 Å². The van der Waals surface area contributed by atoms with Crippen molar-refractivity contribution in [2.75, 3.05) is 18.9 Å². The lowest BCUT2D eigenvalue weighted by atomic mass is 10.1. The summed E-state index contributed by atoms with van der Waals surface area (Å²) in [7, 11) is -17.3. The Morgan fingerprint density at radius 3 is 1.84 bits per heavy atom. The summed E-state index contributed by atoms with van der Waals surface area (Å²) in [5.74, 6) is 0.00385.